The van der Waals surface area contributed by atoms with Crippen LogP contribution < -0.4 is 5.01 Å². The molecule has 1 amide bonds. The maximum absolute atomic E-state index is 12.6. The van der Waals surface area contributed by atoms with Gasteiger partial charge in [-0.25, -0.2) is 5.01 Å². The lowest BCUT2D eigenvalue weighted by Crippen LogP contribution is -2.28. The van der Waals surface area contributed by atoms with Crippen LogP contribution in [0.25, 0.3) is 0 Å². The van der Waals surface area contributed by atoms with Crippen LogP contribution in [0.5, 0.6) is 0 Å². The second-order valence-corrected chi connectivity index (χ2v) is 6.03. The number of halogens is 1. The number of rotatable bonds is 3. The molecule has 0 fully saturated rings. The van der Waals surface area contributed by atoms with Crippen molar-refractivity contribution in [2.75, 3.05) is 5.01 Å². The van der Waals surface area contributed by atoms with Crippen molar-refractivity contribution in [2.24, 2.45) is 11.0 Å². The first-order valence-corrected chi connectivity index (χ1v) is 7.63. The first kappa shape index (κ1) is 14.0. The van der Waals surface area contributed by atoms with Crippen LogP contribution in [0.2, 0.25) is 0 Å². The summed E-state index contributed by atoms with van der Waals surface area (Å²) in [5.41, 5.74) is 2.83. The number of carbonyl (C=O) groups excluding carboxylic acids is 1. The van der Waals surface area contributed by atoms with E-state index in [1.807, 2.05) is 61.5 Å². The Morgan fingerprint density at radius 2 is 1.76 bits per heavy atom. The van der Waals surface area contributed by atoms with Crippen LogP contribution in [0.3, 0.4) is 0 Å². The third-order valence-electron chi connectivity index (χ3n) is 3.62. The van der Waals surface area contributed by atoms with Crippen molar-refractivity contribution in [3.05, 3.63) is 64.6 Å². The molecular weight excluding hydrogens is 328 g/mol. The number of hydrogen-bond donors (Lipinski definition) is 0. The van der Waals surface area contributed by atoms with Gasteiger partial charge in [0.2, 0.25) is 0 Å². The van der Waals surface area contributed by atoms with Gasteiger partial charge in [0.05, 0.1) is 11.6 Å². The average Bonchev–Trinajstić information content (AvgIpc) is 2.78. The smallest absolute Gasteiger partial charge is 0.256 e. The minimum absolute atomic E-state index is 0.0432. The van der Waals surface area contributed by atoms with Crippen molar-refractivity contribution >= 4 is 33.2 Å². The summed E-state index contributed by atoms with van der Waals surface area (Å²) < 4.78 is 1.04. The zero-order chi connectivity index (χ0) is 14.8. The zero-order valence-electron chi connectivity index (χ0n) is 11.7. The number of nitrogens with zero attached hydrogens (tertiary/aromatic N) is 2. The van der Waals surface area contributed by atoms with Crippen LogP contribution in [-0.2, 0) is 11.2 Å². The van der Waals surface area contributed by atoms with E-state index in [2.05, 4.69) is 21.0 Å². The highest BCUT2D eigenvalue weighted by molar-refractivity contribution is 9.10. The highest BCUT2D eigenvalue weighted by atomic mass is 79.9. The van der Waals surface area contributed by atoms with E-state index in [-0.39, 0.29) is 11.8 Å². The molecule has 0 aromatic heterocycles. The molecule has 1 atom stereocenters. The fourth-order valence-electron chi connectivity index (χ4n) is 2.45. The maximum Gasteiger partial charge on any atom is 0.256 e. The molecule has 0 spiro atoms. The number of amides is 1. The number of hydrogen-bond acceptors (Lipinski definition) is 2. The molecule has 106 valence electrons. The zero-order valence-corrected chi connectivity index (χ0v) is 13.2. The van der Waals surface area contributed by atoms with E-state index < -0.39 is 0 Å². The second kappa shape index (κ2) is 5.82. The maximum atomic E-state index is 12.6. The summed E-state index contributed by atoms with van der Waals surface area (Å²) in [6, 6.07) is 17.6. The van der Waals surface area contributed by atoms with E-state index in [0.717, 1.165) is 21.4 Å². The van der Waals surface area contributed by atoms with E-state index in [9.17, 15) is 4.79 Å². The van der Waals surface area contributed by atoms with Gasteiger partial charge in [-0.2, -0.15) is 5.10 Å². The molecule has 4 heteroatoms. The Balaban J connectivity index is 1.81. The van der Waals surface area contributed by atoms with E-state index in [0.29, 0.717) is 6.42 Å². The monoisotopic (exact) mass is 342 g/mol. The Labute approximate surface area is 132 Å². The Morgan fingerprint density at radius 1 is 1.10 bits per heavy atom. The molecule has 0 N–H and O–H groups in total. The molecule has 3 nitrogen and oxygen atoms in total. The average molecular weight is 343 g/mol. The molecule has 3 rings (SSSR count). The summed E-state index contributed by atoms with van der Waals surface area (Å²) in [7, 11) is 0. The number of benzene rings is 2. The van der Waals surface area contributed by atoms with Gasteiger partial charge in [0, 0.05) is 10.2 Å². The van der Waals surface area contributed by atoms with Crippen LogP contribution in [0.4, 0.5) is 5.69 Å². The van der Waals surface area contributed by atoms with Crippen molar-refractivity contribution in [3.8, 4) is 0 Å². The number of hydrazone groups is 1. The lowest BCUT2D eigenvalue weighted by atomic mass is 9.95. The third kappa shape index (κ3) is 2.90. The molecule has 1 aliphatic rings. The van der Waals surface area contributed by atoms with E-state index >= 15 is 0 Å². The predicted molar refractivity (Wildman–Crippen MR) is 88.4 cm³/mol. The minimum atomic E-state index is -0.175. The molecule has 1 unspecified atom stereocenters. The van der Waals surface area contributed by atoms with Gasteiger partial charge in [0.15, 0.2) is 0 Å². The van der Waals surface area contributed by atoms with Crippen molar-refractivity contribution in [2.45, 2.75) is 13.3 Å². The molecule has 1 heterocycles. The Hall–Kier alpha value is -1.94. The molecular formula is C17H15BrN2O. The molecule has 2 aromatic carbocycles. The van der Waals surface area contributed by atoms with Gasteiger partial charge in [0.25, 0.3) is 5.91 Å². The lowest BCUT2D eigenvalue weighted by molar-refractivity contribution is -0.119. The van der Waals surface area contributed by atoms with Gasteiger partial charge >= 0.3 is 0 Å². The third-order valence-corrected chi connectivity index (χ3v) is 4.15. The molecule has 1 aliphatic heterocycles. The SMILES string of the molecule is CC1=NN(c2ccccc2)C(=O)C1Cc1ccc(Br)cc1. The Morgan fingerprint density at radius 3 is 2.43 bits per heavy atom. The summed E-state index contributed by atoms with van der Waals surface area (Å²) in [6.07, 6.45) is 0.685. The minimum Gasteiger partial charge on any atom is -0.272 e. The molecule has 0 bridgehead atoms. The van der Waals surface area contributed by atoms with E-state index in [1.54, 1.807) is 0 Å². The first-order chi connectivity index (χ1) is 10.1. The highest BCUT2D eigenvalue weighted by Crippen LogP contribution is 2.26. The summed E-state index contributed by atoms with van der Waals surface area (Å²) in [5, 5.41) is 5.94. The fourth-order valence-corrected chi connectivity index (χ4v) is 2.71. The quantitative estimate of drug-likeness (QED) is 0.828. The highest BCUT2D eigenvalue weighted by Gasteiger charge is 2.34. The predicted octanol–water partition coefficient (Wildman–Crippen LogP) is 4.03. The van der Waals surface area contributed by atoms with Crippen LogP contribution in [0.15, 0.2) is 64.2 Å². The Bertz CT molecular complexity index is 680. The van der Waals surface area contributed by atoms with E-state index in [4.69, 9.17) is 0 Å². The fraction of sp³-hybridized carbons (Fsp3) is 0.176. The van der Waals surface area contributed by atoms with Crippen molar-refractivity contribution in [1.82, 2.24) is 0 Å². The van der Waals surface area contributed by atoms with Crippen LogP contribution >= 0.6 is 15.9 Å². The van der Waals surface area contributed by atoms with Gasteiger partial charge in [-0.05, 0) is 43.2 Å². The standard InChI is InChI=1S/C17H15BrN2O/c1-12-16(11-13-7-9-14(18)10-8-13)17(21)20(19-12)15-5-3-2-4-6-15/h2-10,16H,11H2,1H3. The number of para-hydroxylation sites is 1. The number of carbonyl (C=O) groups is 1. The molecule has 21 heavy (non-hydrogen) atoms. The van der Waals surface area contributed by atoms with Crippen molar-refractivity contribution in [1.29, 1.82) is 0 Å². The topological polar surface area (TPSA) is 32.7 Å². The summed E-state index contributed by atoms with van der Waals surface area (Å²) in [5.74, 6) is -0.131. The number of anilines is 1. The van der Waals surface area contributed by atoms with Crippen LogP contribution in [0.1, 0.15) is 12.5 Å². The molecule has 0 radical (unpaired) electrons. The van der Waals surface area contributed by atoms with Crippen LogP contribution in [0, 0.1) is 5.92 Å². The van der Waals surface area contributed by atoms with Crippen molar-refractivity contribution < 1.29 is 4.79 Å². The molecule has 2 aromatic rings. The van der Waals surface area contributed by atoms with Gasteiger partial charge in [-0.3, -0.25) is 4.79 Å². The molecule has 0 saturated carbocycles. The summed E-state index contributed by atoms with van der Waals surface area (Å²) in [6.45, 7) is 1.92. The first-order valence-electron chi connectivity index (χ1n) is 6.84. The van der Waals surface area contributed by atoms with Crippen molar-refractivity contribution in [3.63, 3.8) is 0 Å². The van der Waals surface area contributed by atoms with Gasteiger partial charge in [-0.1, -0.05) is 46.3 Å². The van der Waals surface area contributed by atoms with Gasteiger partial charge in [-0.15, -0.1) is 0 Å². The second-order valence-electron chi connectivity index (χ2n) is 5.11. The largest absolute Gasteiger partial charge is 0.272 e. The van der Waals surface area contributed by atoms with E-state index in [1.165, 1.54) is 5.01 Å². The lowest BCUT2D eigenvalue weighted by Gasteiger charge is -2.14. The summed E-state index contributed by atoms with van der Waals surface area (Å²) >= 11 is 3.42. The summed E-state index contributed by atoms with van der Waals surface area (Å²) in [4.78, 5) is 12.6. The van der Waals surface area contributed by atoms with Crippen LogP contribution in [-0.4, -0.2) is 11.6 Å². The molecule has 0 aliphatic carbocycles. The van der Waals surface area contributed by atoms with Gasteiger partial charge in [0.1, 0.15) is 0 Å². The van der Waals surface area contributed by atoms with Gasteiger partial charge < -0.3 is 0 Å². The molecule has 0 saturated heterocycles. The normalized spacial score (nSPS) is 18.0. The Kier molecular flexibility index (Phi) is 3.88.